The molecule has 0 aliphatic carbocycles. The predicted octanol–water partition coefficient (Wildman–Crippen LogP) is 2.28. The Kier molecular flexibility index (Phi) is 7.97. The number of carbonyl (C=O) groups excluding carboxylic acids is 1. The van der Waals surface area contributed by atoms with Crippen LogP contribution in [-0.2, 0) is 11.3 Å². The average Bonchev–Trinajstić information content (AvgIpc) is 3.20. The Morgan fingerprint density at radius 1 is 1.34 bits per heavy atom. The molecule has 0 saturated carbocycles. The third kappa shape index (κ3) is 5.72. The van der Waals surface area contributed by atoms with Crippen LogP contribution < -0.4 is 16.4 Å². The first-order valence-corrected chi connectivity index (χ1v) is 10.8. The van der Waals surface area contributed by atoms with E-state index in [2.05, 4.69) is 34.4 Å². The van der Waals surface area contributed by atoms with Crippen LogP contribution in [0.15, 0.2) is 48.8 Å². The number of aromatic nitrogens is 1. The van der Waals surface area contributed by atoms with Crippen LogP contribution in [0.25, 0.3) is 5.57 Å². The summed E-state index contributed by atoms with van der Waals surface area (Å²) in [6, 6.07) is 11.8. The lowest BCUT2D eigenvalue weighted by Crippen LogP contribution is -2.44. The Hall–Kier alpha value is -3.23. The van der Waals surface area contributed by atoms with Crippen molar-refractivity contribution in [2.75, 3.05) is 25.9 Å². The van der Waals surface area contributed by atoms with Crippen molar-refractivity contribution in [1.82, 2.24) is 20.5 Å². The zero-order chi connectivity index (χ0) is 23.1. The van der Waals surface area contributed by atoms with Gasteiger partial charge in [0.25, 0.3) is 5.91 Å². The van der Waals surface area contributed by atoms with Gasteiger partial charge in [0.2, 0.25) is 0 Å². The minimum Gasteiger partial charge on any atom is -0.393 e. The standard InChI is InChI=1S/C24H32N6O2/c1-16(2)30-13-21(22(14-30)32-15-17-7-5-4-6-8-17)29-24(31)20-9-18(12-28-23(20)26)19(10-25)11-27-3/h4-12,16,21-22,25,27H,13-15H2,1-3H3,(H2,26,28)(H,29,31)/b19-11+,25-10?/t21-,22?/m0/s1. The van der Waals surface area contributed by atoms with Crippen LogP contribution in [-0.4, -0.2) is 60.3 Å². The van der Waals surface area contributed by atoms with E-state index in [1.807, 2.05) is 30.3 Å². The number of hydrogen-bond donors (Lipinski definition) is 4. The van der Waals surface area contributed by atoms with Crippen molar-refractivity contribution in [1.29, 1.82) is 5.41 Å². The number of carbonyl (C=O) groups is 1. The first-order chi connectivity index (χ1) is 15.4. The smallest absolute Gasteiger partial charge is 0.255 e. The molecule has 2 aromatic rings. The third-order valence-corrected chi connectivity index (χ3v) is 5.60. The molecule has 8 heteroatoms. The van der Waals surface area contributed by atoms with E-state index in [1.165, 1.54) is 6.21 Å². The summed E-state index contributed by atoms with van der Waals surface area (Å²) in [5.41, 5.74) is 8.64. The van der Waals surface area contributed by atoms with E-state index < -0.39 is 0 Å². The molecule has 5 N–H and O–H groups in total. The molecule has 8 nitrogen and oxygen atoms in total. The molecule has 3 rings (SSSR count). The molecule has 1 saturated heterocycles. The topological polar surface area (TPSA) is 116 Å². The van der Waals surface area contributed by atoms with Crippen molar-refractivity contribution in [2.24, 2.45) is 0 Å². The SMILES string of the molecule is CN/C=C(\C=N)c1cnc(N)c(C(=O)N[C@H]2CN(C(C)C)CC2OCc2ccccc2)c1. The molecule has 0 bridgehead atoms. The normalized spacial score (nSPS) is 19.2. The summed E-state index contributed by atoms with van der Waals surface area (Å²) in [5, 5.41) is 13.6. The lowest BCUT2D eigenvalue weighted by molar-refractivity contribution is 0.0300. The molecular weight excluding hydrogens is 404 g/mol. The second kappa shape index (κ2) is 10.9. The Bertz CT molecular complexity index is 960. The fourth-order valence-electron chi connectivity index (χ4n) is 3.73. The fourth-order valence-corrected chi connectivity index (χ4v) is 3.73. The van der Waals surface area contributed by atoms with Crippen molar-refractivity contribution in [3.63, 3.8) is 0 Å². The van der Waals surface area contributed by atoms with E-state index in [-0.39, 0.29) is 29.4 Å². The van der Waals surface area contributed by atoms with Gasteiger partial charge in [0.05, 0.1) is 24.3 Å². The summed E-state index contributed by atoms with van der Waals surface area (Å²) in [5.74, 6) is -0.143. The van der Waals surface area contributed by atoms with Crippen LogP contribution in [0.1, 0.15) is 35.3 Å². The van der Waals surface area contributed by atoms with Crippen molar-refractivity contribution in [3.05, 3.63) is 65.5 Å². The van der Waals surface area contributed by atoms with Crippen LogP contribution in [0.5, 0.6) is 0 Å². The number of nitrogens with two attached hydrogens (primary N) is 1. The summed E-state index contributed by atoms with van der Waals surface area (Å²) in [4.78, 5) is 19.6. The molecule has 1 fully saturated rings. The summed E-state index contributed by atoms with van der Waals surface area (Å²) in [7, 11) is 1.75. The monoisotopic (exact) mass is 436 g/mol. The maximum atomic E-state index is 13.1. The van der Waals surface area contributed by atoms with Gasteiger partial charge in [-0.25, -0.2) is 4.98 Å². The summed E-state index contributed by atoms with van der Waals surface area (Å²) < 4.78 is 6.21. The number of nitrogens with zero attached hydrogens (tertiary/aromatic N) is 2. The summed E-state index contributed by atoms with van der Waals surface area (Å²) >= 11 is 0. The highest BCUT2D eigenvalue weighted by Crippen LogP contribution is 2.21. The van der Waals surface area contributed by atoms with E-state index in [0.717, 1.165) is 12.1 Å². The quantitative estimate of drug-likeness (QED) is 0.448. The van der Waals surface area contributed by atoms with Crippen LogP contribution in [0, 0.1) is 5.41 Å². The molecule has 2 atom stereocenters. The number of benzene rings is 1. The van der Waals surface area contributed by atoms with Gasteiger partial charge in [-0.15, -0.1) is 0 Å². The molecule has 1 unspecified atom stereocenters. The van der Waals surface area contributed by atoms with Gasteiger partial charge in [0, 0.05) is 55.9 Å². The summed E-state index contributed by atoms with van der Waals surface area (Å²) in [6.07, 6.45) is 4.30. The Morgan fingerprint density at radius 3 is 2.75 bits per heavy atom. The van der Waals surface area contributed by atoms with E-state index in [0.29, 0.717) is 30.3 Å². The molecule has 1 amide bonds. The molecular formula is C24H32N6O2. The fraction of sp³-hybridized carbons (Fsp3) is 0.375. The molecule has 1 aromatic carbocycles. The van der Waals surface area contributed by atoms with Gasteiger partial charge in [-0.3, -0.25) is 9.69 Å². The first kappa shape index (κ1) is 23.4. The lowest BCUT2D eigenvalue weighted by Gasteiger charge is -2.21. The van der Waals surface area contributed by atoms with Gasteiger partial charge in [-0.1, -0.05) is 30.3 Å². The highest BCUT2D eigenvalue weighted by Gasteiger charge is 2.36. The van der Waals surface area contributed by atoms with Crippen molar-refractivity contribution >= 4 is 23.5 Å². The van der Waals surface area contributed by atoms with Gasteiger partial charge < -0.3 is 26.5 Å². The van der Waals surface area contributed by atoms with E-state index in [4.69, 9.17) is 15.9 Å². The minimum atomic E-state index is -0.297. The van der Waals surface area contributed by atoms with E-state index in [1.54, 1.807) is 25.5 Å². The lowest BCUT2D eigenvalue weighted by atomic mass is 10.1. The molecule has 1 aliphatic rings. The molecule has 1 aliphatic heterocycles. The number of hydrogen-bond acceptors (Lipinski definition) is 7. The number of amides is 1. The van der Waals surface area contributed by atoms with Gasteiger partial charge in [-0.05, 0) is 25.5 Å². The number of rotatable bonds is 9. The van der Waals surface area contributed by atoms with Crippen molar-refractivity contribution < 1.29 is 9.53 Å². The molecule has 32 heavy (non-hydrogen) atoms. The Morgan fingerprint density at radius 2 is 2.09 bits per heavy atom. The number of nitrogen functional groups attached to an aromatic ring is 1. The number of allylic oxidation sites excluding steroid dienone is 1. The van der Waals surface area contributed by atoms with Crippen LogP contribution >= 0.6 is 0 Å². The molecule has 1 aromatic heterocycles. The zero-order valence-electron chi connectivity index (χ0n) is 18.8. The van der Waals surface area contributed by atoms with Crippen molar-refractivity contribution in [3.8, 4) is 0 Å². The van der Waals surface area contributed by atoms with E-state index in [9.17, 15) is 4.79 Å². The highest BCUT2D eigenvalue weighted by molar-refractivity contribution is 6.09. The third-order valence-electron chi connectivity index (χ3n) is 5.60. The van der Waals surface area contributed by atoms with Crippen LogP contribution in [0.2, 0.25) is 0 Å². The predicted molar refractivity (Wildman–Crippen MR) is 127 cm³/mol. The van der Waals surface area contributed by atoms with Gasteiger partial charge >= 0.3 is 0 Å². The summed E-state index contributed by atoms with van der Waals surface area (Å²) in [6.45, 7) is 6.20. The van der Waals surface area contributed by atoms with E-state index >= 15 is 0 Å². The maximum absolute atomic E-state index is 13.1. The number of likely N-dealkylation sites (tertiary alicyclic amines) is 1. The highest BCUT2D eigenvalue weighted by atomic mass is 16.5. The van der Waals surface area contributed by atoms with Gasteiger partial charge in [0.1, 0.15) is 5.82 Å². The number of nitrogens with one attached hydrogen (secondary N) is 3. The number of ether oxygens (including phenoxy) is 1. The second-order valence-corrected chi connectivity index (χ2v) is 8.15. The Balaban J connectivity index is 1.76. The van der Waals surface area contributed by atoms with Crippen LogP contribution in [0.3, 0.4) is 0 Å². The molecule has 2 heterocycles. The molecule has 0 radical (unpaired) electrons. The maximum Gasteiger partial charge on any atom is 0.255 e. The first-order valence-electron chi connectivity index (χ1n) is 10.8. The average molecular weight is 437 g/mol. The minimum absolute atomic E-state index is 0.139. The van der Waals surface area contributed by atoms with Crippen molar-refractivity contribution in [2.45, 2.75) is 38.6 Å². The molecule has 0 spiro atoms. The Labute approximate surface area is 189 Å². The van der Waals surface area contributed by atoms with Gasteiger partial charge in [0.15, 0.2) is 0 Å². The van der Waals surface area contributed by atoms with Crippen LogP contribution in [0.4, 0.5) is 5.82 Å². The number of pyridine rings is 1. The second-order valence-electron chi connectivity index (χ2n) is 8.15. The largest absolute Gasteiger partial charge is 0.393 e. The van der Waals surface area contributed by atoms with Gasteiger partial charge in [-0.2, -0.15) is 0 Å². The molecule has 170 valence electrons. The zero-order valence-corrected chi connectivity index (χ0v) is 18.8. The number of anilines is 1.